The fraction of sp³-hybridized carbons (Fsp3) is 0. The summed E-state index contributed by atoms with van der Waals surface area (Å²) in [5, 5.41) is 3.27. The summed E-state index contributed by atoms with van der Waals surface area (Å²) >= 11 is 39.0. The van der Waals surface area contributed by atoms with E-state index in [2.05, 4.69) is 0 Å². The molecule has 0 heterocycles. The Kier molecular flexibility index (Phi) is 11.3. The van der Waals surface area contributed by atoms with Gasteiger partial charge >= 0.3 is 0 Å². The molecule has 0 bridgehead atoms. The van der Waals surface area contributed by atoms with E-state index in [1.165, 1.54) is 18.0 Å². The first-order chi connectivity index (χ1) is 25.1. The smallest absolute Gasteiger partial charge is 0.150 e. The standard InChI is InChI=1S/C42H23Cl6FN2S/c43-30-9-1-24(2-10-30)28-19-35(26-5-13-32(45)14-6-26)41(38(49)21-28)50-39-22-29(25-3-11-31(44)12-4-25)20-36(27-7-15-33(46)16-8-27)42(39)51-52-40-18-17-34(47)23-37(40)48/h1-23H/b50-39?,51-42+. The average Bonchev–Trinajstić information content (AvgIpc) is 3.13. The first kappa shape index (κ1) is 36.5. The lowest BCUT2D eigenvalue weighted by molar-refractivity contribution is 0.631. The lowest BCUT2D eigenvalue weighted by Crippen LogP contribution is -2.18. The Morgan fingerprint density at radius 2 is 1.00 bits per heavy atom. The van der Waals surface area contributed by atoms with Crippen molar-refractivity contribution in [1.29, 1.82) is 0 Å². The van der Waals surface area contributed by atoms with Crippen LogP contribution in [0.1, 0.15) is 11.1 Å². The van der Waals surface area contributed by atoms with Crippen molar-refractivity contribution in [2.45, 2.75) is 4.90 Å². The molecule has 0 amide bonds. The summed E-state index contributed by atoms with van der Waals surface area (Å²) in [4.78, 5) is 5.78. The van der Waals surface area contributed by atoms with E-state index in [1.54, 1.807) is 42.5 Å². The van der Waals surface area contributed by atoms with Gasteiger partial charge in [0.2, 0.25) is 0 Å². The van der Waals surface area contributed by atoms with Gasteiger partial charge in [-0.15, -0.1) is 0 Å². The van der Waals surface area contributed by atoms with E-state index in [-0.39, 0.29) is 5.69 Å². The number of hydrogen-bond acceptors (Lipinski definition) is 3. The summed E-state index contributed by atoms with van der Waals surface area (Å²) < 4.78 is 21.7. The monoisotopic (exact) mass is 816 g/mol. The second kappa shape index (κ2) is 16.0. The van der Waals surface area contributed by atoms with Crippen LogP contribution < -0.4 is 0 Å². The number of rotatable bonds is 7. The molecule has 0 saturated heterocycles. The summed E-state index contributed by atoms with van der Waals surface area (Å²) in [5.41, 5.74) is 7.06. The lowest BCUT2D eigenvalue weighted by atomic mass is 9.88. The van der Waals surface area contributed by atoms with E-state index in [0.717, 1.165) is 33.4 Å². The molecule has 1 aliphatic carbocycles. The van der Waals surface area contributed by atoms with E-state index in [4.69, 9.17) is 79.0 Å². The second-order valence-corrected chi connectivity index (χ2v) is 15.0. The maximum atomic E-state index is 16.7. The third-order valence-electron chi connectivity index (χ3n) is 8.18. The molecule has 0 spiro atoms. The number of benzene rings is 6. The van der Waals surface area contributed by atoms with Gasteiger partial charge in [0.25, 0.3) is 0 Å². The van der Waals surface area contributed by atoms with Gasteiger partial charge in [-0.3, -0.25) is 0 Å². The zero-order valence-electron chi connectivity index (χ0n) is 26.7. The third kappa shape index (κ3) is 8.35. The van der Waals surface area contributed by atoms with Crippen molar-refractivity contribution >= 4 is 110 Å². The molecule has 0 aromatic heterocycles. The molecule has 7 rings (SSSR count). The van der Waals surface area contributed by atoms with Crippen LogP contribution in [0.2, 0.25) is 30.1 Å². The molecule has 2 nitrogen and oxygen atoms in total. The normalized spacial score (nSPS) is 14.4. The molecular formula is C42H23Cl6FN2S. The van der Waals surface area contributed by atoms with Crippen LogP contribution in [0.15, 0.2) is 154 Å². The SMILES string of the molecule is Fc1cc(-c2ccc(Cl)cc2)cc(-c2ccc(Cl)cc2)c1N=C1C=C(c2ccc(Cl)cc2)C=C(c2ccc(Cl)cc2)/C1=N\Sc1ccc(Cl)cc1Cl. The highest BCUT2D eigenvalue weighted by Crippen LogP contribution is 2.40. The fourth-order valence-electron chi connectivity index (χ4n) is 5.59. The van der Waals surface area contributed by atoms with Crippen LogP contribution in [0.25, 0.3) is 33.4 Å². The number of halogens is 7. The van der Waals surface area contributed by atoms with Gasteiger partial charge in [0.05, 0.1) is 10.7 Å². The minimum absolute atomic E-state index is 0.126. The molecule has 0 aliphatic heterocycles. The Morgan fingerprint density at radius 1 is 0.481 bits per heavy atom. The van der Waals surface area contributed by atoms with E-state index in [9.17, 15) is 0 Å². The highest BCUT2D eigenvalue weighted by molar-refractivity contribution is 7.98. The largest absolute Gasteiger partial charge is 0.243 e. The van der Waals surface area contributed by atoms with Gasteiger partial charge in [-0.2, -0.15) is 0 Å². The maximum absolute atomic E-state index is 16.7. The minimum Gasteiger partial charge on any atom is -0.243 e. The Hall–Kier alpha value is -3.84. The Balaban J connectivity index is 1.48. The fourth-order valence-corrected chi connectivity index (χ4v) is 7.27. The summed E-state index contributed by atoms with van der Waals surface area (Å²) in [6.45, 7) is 0. The first-order valence-corrected chi connectivity index (χ1v) is 18.8. The molecule has 52 heavy (non-hydrogen) atoms. The lowest BCUT2D eigenvalue weighted by Gasteiger charge is -2.20. The van der Waals surface area contributed by atoms with E-state index < -0.39 is 5.82 Å². The highest BCUT2D eigenvalue weighted by Gasteiger charge is 2.24. The van der Waals surface area contributed by atoms with E-state index in [1.807, 2.05) is 91.0 Å². The van der Waals surface area contributed by atoms with Crippen LogP contribution in [0.5, 0.6) is 0 Å². The van der Waals surface area contributed by atoms with Crippen LogP contribution >= 0.6 is 81.6 Å². The number of allylic oxidation sites excluding steroid dienone is 4. The summed E-state index contributed by atoms with van der Waals surface area (Å²) in [5.74, 6) is -0.526. The van der Waals surface area contributed by atoms with Gasteiger partial charge in [0.15, 0.2) is 0 Å². The predicted octanol–water partition coefficient (Wildman–Crippen LogP) is 15.5. The molecule has 0 radical (unpaired) electrons. The summed E-state index contributed by atoms with van der Waals surface area (Å²) in [6.07, 6.45) is 3.91. The molecule has 6 aromatic rings. The van der Waals surface area contributed by atoms with Crippen LogP contribution in [-0.2, 0) is 0 Å². The van der Waals surface area contributed by atoms with Crippen molar-refractivity contribution in [1.82, 2.24) is 0 Å². The average molecular weight is 819 g/mol. The predicted molar refractivity (Wildman–Crippen MR) is 223 cm³/mol. The Bertz CT molecular complexity index is 2420. The van der Waals surface area contributed by atoms with Gasteiger partial charge in [-0.05, 0) is 124 Å². The first-order valence-electron chi connectivity index (χ1n) is 15.7. The zero-order valence-corrected chi connectivity index (χ0v) is 32.1. The van der Waals surface area contributed by atoms with E-state index in [0.29, 0.717) is 57.6 Å². The zero-order chi connectivity index (χ0) is 36.4. The summed E-state index contributed by atoms with van der Waals surface area (Å²) in [6, 6.07) is 38.0. The molecule has 10 heteroatoms. The second-order valence-electron chi connectivity index (χ2n) is 11.6. The maximum Gasteiger partial charge on any atom is 0.150 e. The molecule has 0 saturated carbocycles. The third-order valence-corrected chi connectivity index (χ3v) is 10.7. The molecule has 1 aliphatic rings. The molecule has 0 N–H and O–H groups in total. The van der Waals surface area contributed by atoms with Crippen molar-refractivity contribution < 1.29 is 4.39 Å². The topological polar surface area (TPSA) is 24.7 Å². The quantitative estimate of drug-likeness (QED) is 0.116. The van der Waals surface area contributed by atoms with Crippen LogP contribution in [0.4, 0.5) is 10.1 Å². The Morgan fingerprint density at radius 3 is 1.58 bits per heavy atom. The van der Waals surface area contributed by atoms with Gasteiger partial charge in [0.1, 0.15) is 17.2 Å². The van der Waals surface area contributed by atoms with Crippen molar-refractivity contribution in [3.8, 4) is 22.3 Å². The Labute approximate surface area is 335 Å². The van der Waals surface area contributed by atoms with Crippen molar-refractivity contribution in [2.24, 2.45) is 9.39 Å². The number of hydrogen-bond donors (Lipinski definition) is 0. The number of nitrogens with zero attached hydrogens (tertiary/aromatic N) is 2. The van der Waals surface area contributed by atoms with Crippen molar-refractivity contribution in [3.63, 3.8) is 0 Å². The number of aliphatic imine (C=N–C) groups is 1. The van der Waals surface area contributed by atoms with E-state index >= 15 is 4.39 Å². The van der Waals surface area contributed by atoms with Gasteiger partial charge in [-0.25, -0.2) is 13.8 Å². The van der Waals surface area contributed by atoms with Gasteiger partial charge in [-0.1, -0.05) is 118 Å². The minimum atomic E-state index is -0.526. The van der Waals surface area contributed by atoms with Crippen LogP contribution in [-0.4, -0.2) is 11.4 Å². The van der Waals surface area contributed by atoms with Gasteiger partial charge in [0, 0.05) is 53.1 Å². The molecule has 0 atom stereocenters. The van der Waals surface area contributed by atoms with Crippen LogP contribution in [0.3, 0.4) is 0 Å². The van der Waals surface area contributed by atoms with Crippen molar-refractivity contribution in [3.05, 3.63) is 187 Å². The van der Waals surface area contributed by atoms with Crippen LogP contribution in [0, 0.1) is 5.82 Å². The molecule has 6 aromatic carbocycles. The molecular weight excluding hydrogens is 796 g/mol. The molecule has 0 unspecified atom stereocenters. The molecule has 0 fully saturated rings. The van der Waals surface area contributed by atoms with Crippen molar-refractivity contribution in [2.75, 3.05) is 0 Å². The summed E-state index contributed by atoms with van der Waals surface area (Å²) in [7, 11) is 0. The highest BCUT2D eigenvalue weighted by atomic mass is 35.5. The van der Waals surface area contributed by atoms with Gasteiger partial charge < -0.3 is 0 Å². The molecule has 256 valence electrons.